The highest BCUT2D eigenvalue weighted by molar-refractivity contribution is 5.78. The second-order valence-electron chi connectivity index (χ2n) is 6.80. The summed E-state index contributed by atoms with van der Waals surface area (Å²) in [5.41, 5.74) is 1.06. The van der Waals surface area contributed by atoms with Gasteiger partial charge in [0.25, 0.3) is 0 Å². The number of piperidine rings is 1. The van der Waals surface area contributed by atoms with Gasteiger partial charge in [-0.05, 0) is 62.7 Å². The monoisotopic (exact) mass is 313 g/mol. The molecule has 1 aromatic heterocycles. The highest BCUT2D eigenvalue weighted by atomic mass is 16.1. The topological polar surface area (TPSA) is 45.2 Å². The lowest BCUT2D eigenvalue weighted by Crippen LogP contribution is -2.42. The Morgan fingerprint density at radius 3 is 2.83 bits per heavy atom. The Balaban J connectivity index is 1.38. The van der Waals surface area contributed by atoms with E-state index in [1.165, 1.54) is 25.8 Å². The van der Waals surface area contributed by atoms with Gasteiger partial charge in [0.2, 0.25) is 5.91 Å². The third kappa shape index (κ3) is 4.90. The SMILES string of the molecule is O=C(NCc1cccnc1)C1CCN(C[C@H]2CC=CCC2)CC1. The van der Waals surface area contributed by atoms with Gasteiger partial charge in [-0.1, -0.05) is 18.2 Å². The van der Waals surface area contributed by atoms with Crippen molar-refractivity contribution >= 4 is 5.91 Å². The van der Waals surface area contributed by atoms with E-state index < -0.39 is 0 Å². The maximum atomic E-state index is 12.3. The predicted molar refractivity (Wildman–Crippen MR) is 91.7 cm³/mol. The van der Waals surface area contributed by atoms with Crippen molar-refractivity contribution in [1.82, 2.24) is 15.2 Å². The highest BCUT2D eigenvalue weighted by Crippen LogP contribution is 2.23. The summed E-state index contributed by atoms with van der Waals surface area (Å²) in [6.07, 6.45) is 13.9. The van der Waals surface area contributed by atoms with Crippen molar-refractivity contribution in [3.63, 3.8) is 0 Å². The van der Waals surface area contributed by atoms with Crippen molar-refractivity contribution in [3.05, 3.63) is 42.2 Å². The Morgan fingerprint density at radius 2 is 2.13 bits per heavy atom. The summed E-state index contributed by atoms with van der Waals surface area (Å²) in [6.45, 7) is 3.91. The van der Waals surface area contributed by atoms with Crippen LogP contribution in [-0.2, 0) is 11.3 Å². The smallest absolute Gasteiger partial charge is 0.223 e. The fourth-order valence-corrected chi connectivity index (χ4v) is 3.60. The van der Waals surface area contributed by atoms with Crippen molar-refractivity contribution in [3.8, 4) is 0 Å². The number of rotatable bonds is 5. The van der Waals surface area contributed by atoms with Crippen molar-refractivity contribution in [2.24, 2.45) is 11.8 Å². The van der Waals surface area contributed by atoms with Crippen LogP contribution in [0.25, 0.3) is 0 Å². The molecule has 2 aliphatic rings. The number of nitrogens with zero attached hydrogens (tertiary/aromatic N) is 2. The zero-order valence-corrected chi connectivity index (χ0v) is 13.8. The van der Waals surface area contributed by atoms with Gasteiger partial charge in [-0.15, -0.1) is 0 Å². The number of hydrogen-bond acceptors (Lipinski definition) is 3. The van der Waals surface area contributed by atoms with Crippen molar-refractivity contribution in [2.75, 3.05) is 19.6 Å². The van der Waals surface area contributed by atoms with E-state index in [-0.39, 0.29) is 11.8 Å². The fourth-order valence-electron chi connectivity index (χ4n) is 3.60. The van der Waals surface area contributed by atoms with Gasteiger partial charge in [0.15, 0.2) is 0 Å². The molecule has 0 aromatic carbocycles. The van der Waals surface area contributed by atoms with Crippen LogP contribution >= 0.6 is 0 Å². The van der Waals surface area contributed by atoms with Crippen LogP contribution in [0.15, 0.2) is 36.7 Å². The fraction of sp³-hybridized carbons (Fsp3) is 0.579. The van der Waals surface area contributed by atoms with E-state index in [0.29, 0.717) is 6.54 Å². The molecule has 0 spiro atoms. The normalized spacial score (nSPS) is 22.9. The number of likely N-dealkylation sites (tertiary alicyclic amines) is 1. The number of aromatic nitrogens is 1. The summed E-state index contributed by atoms with van der Waals surface area (Å²) in [5, 5.41) is 3.06. The summed E-state index contributed by atoms with van der Waals surface area (Å²) in [7, 11) is 0. The van der Waals surface area contributed by atoms with E-state index in [1.54, 1.807) is 6.20 Å². The molecule has 124 valence electrons. The number of allylic oxidation sites excluding steroid dienone is 2. The van der Waals surface area contributed by atoms with E-state index in [0.717, 1.165) is 37.4 Å². The lowest BCUT2D eigenvalue weighted by Gasteiger charge is -2.34. The molecule has 0 saturated carbocycles. The number of pyridine rings is 1. The van der Waals surface area contributed by atoms with Crippen LogP contribution in [0.5, 0.6) is 0 Å². The summed E-state index contributed by atoms with van der Waals surface area (Å²) >= 11 is 0. The van der Waals surface area contributed by atoms with Gasteiger partial charge in [0, 0.05) is 31.4 Å². The molecule has 1 aliphatic carbocycles. The van der Waals surface area contributed by atoms with Crippen molar-refractivity contribution in [1.29, 1.82) is 0 Å². The molecule has 4 nitrogen and oxygen atoms in total. The van der Waals surface area contributed by atoms with Crippen LogP contribution in [0, 0.1) is 11.8 Å². The Morgan fingerprint density at radius 1 is 1.26 bits per heavy atom. The molecule has 1 N–H and O–H groups in total. The molecule has 1 saturated heterocycles. The quantitative estimate of drug-likeness (QED) is 0.850. The second-order valence-corrected chi connectivity index (χ2v) is 6.80. The van der Waals surface area contributed by atoms with Gasteiger partial charge < -0.3 is 10.2 Å². The predicted octanol–water partition coefficient (Wildman–Crippen LogP) is 2.77. The summed E-state index contributed by atoms with van der Waals surface area (Å²) in [6, 6.07) is 3.90. The van der Waals surface area contributed by atoms with Crippen LogP contribution in [0.4, 0.5) is 0 Å². The number of carbonyl (C=O) groups excluding carboxylic acids is 1. The molecule has 0 unspecified atom stereocenters. The van der Waals surface area contributed by atoms with Crippen LogP contribution in [-0.4, -0.2) is 35.4 Å². The largest absolute Gasteiger partial charge is 0.352 e. The first-order valence-corrected chi connectivity index (χ1v) is 8.85. The van der Waals surface area contributed by atoms with E-state index in [9.17, 15) is 4.79 Å². The lowest BCUT2D eigenvalue weighted by molar-refractivity contribution is -0.126. The number of nitrogens with one attached hydrogen (secondary N) is 1. The molecule has 1 amide bonds. The van der Waals surface area contributed by atoms with Crippen molar-refractivity contribution in [2.45, 2.75) is 38.6 Å². The Hall–Kier alpha value is -1.68. The summed E-state index contributed by atoms with van der Waals surface area (Å²) in [4.78, 5) is 18.9. The van der Waals surface area contributed by atoms with Gasteiger partial charge in [-0.25, -0.2) is 0 Å². The Bertz CT molecular complexity index is 521. The van der Waals surface area contributed by atoms with E-state index >= 15 is 0 Å². The summed E-state index contributed by atoms with van der Waals surface area (Å²) in [5.74, 6) is 1.19. The first-order chi connectivity index (χ1) is 11.3. The van der Waals surface area contributed by atoms with E-state index in [4.69, 9.17) is 0 Å². The number of amides is 1. The van der Waals surface area contributed by atoms with Crippen LogP contribution in [0.3, 0.4) is 0 Å². The van der Waals surface area contributed by atoms with Gasteiger partial charge in [0.1, 0.15) is 0 Å². The van der Waals surface area contributed by atoms with Crippen LogP contribution in [0.2, 0.25) is 0 Å². The zero-order valence-electron chi connectivity index (χ0n) is 13.8. The lowest BCUT2D eigenvalue weighted by atomic mass is 9.91. The van der Waals surface area contributed by atoms with Gasteiger partial charge >= 0.3 is 0 Å². The minimum absolute atomic E-state index is 0.175. The standard InChI is InChI=1S/C19H27N3O/c23-19(21-14-17-7-4-10-20-13-17)18-8-11-22(12-9-18)15-16-5-2-1-3-6-16/h1-2,4,7,10,13,16,18H,3,5-6,8-9,11-12,14-15H2,(H,21,23)/t16-/m0/s1. The highest BCUT2D eigenvalue weighted by Gasteiger charge is 2.26. The molecule has 23 heavy (non-hydrogen) atoms. The second kappa shape index (κ2) is 8.25. The maximum Gasteiger partial charge on any atom is 0.223 e. The van der Waals surface area contributed by atoms with Gasteiger partial charge in [0.05, 0.1) is 0 Å². The minimum atomic E-state index is 0.175. The molecule has 0 bridgehead atoms. The third-order valence-electron chi connectivity index (χ3n) is 5.04. The summed E-state index contributed by atoms with van der Waals surface area (Å²) < 4.78 is 0. The Kier molecular flexibility index (Phi) is 5.81. The third-order valence-corrected chi connectivity index (χ3v) is 5.04. The first kappa shape index (κ1) is 16.2. The molecule has 4 heteroatoms. The molecular formula is C19H27N3O. The molecule has 2 heterocycles. The minimum Gasteiger partial charge on any atom is -0.352 e. The molecule has 1 aliphatic heterocycles. The van der Waals surface area contributed by atoms with Crippen LogP contribution < -0.4 is 5.32 Å². The molecule has 0 radical (unpaired) electrons. The first-order valence-electron chi connectivity index (χ1n) is 8.85. The maximum absolute atomic E-state index is 12.3. The number of hydrogen-bond donors (Lipinski definition) is 1. The molecule has 1 aromatic rings. The average Bonchev–Trinajstić information content (AvgIpc) is 2.62. The Labute approximate surface area is 139 Å². The van der Waals surface area contributed by atoms with Gasteiger partial charge in [-0.3, -0.25) is 9.78 Å². The molecule has 1 fully saturated rings. The van der Waals surface area contributed by atoms with E-state index in [1.807, 2.05) is 18.3 Å². The molecule has 3 rings (SSSR count). The van der Waals surface area contributed by atoms with Crippen molar-refractivity contribution < 1.29 is 4.79 Å². The number of carbonyl (C=O) groups is 1. The van der Waals surface area contributed by atoms with E-state index in [2.05, 4.69) is 27.4 Å². The van der Waals surface area contributed by atoms with Gasteiger partial charge in [-0.2, -0.15) is 0 Å². The zero-order chi connectivity index (χ0) is 15.9. The van der Waals surface area contributed by atoms with Crippen LogP contribution in [0.1, 0.15) is 37.7 Å². The molecule has 1 atom stereocenters. The average molecular weight is 313 g/mol. The molecular weight excluding hydrogens is 286 g/mol.